The first-order chi connectivity index (χ1) is 17.3. The van der Waals surface area contributed by atoms with Crippen molar-refractivity contribution >= 4 is 17.6 Å². The third kappa shape index (κ3) is 5.20. The number of carbonyl (C=O) groups excluding carboxylic acids is 2. The second-order valence-electron chi connectivity index (χ2n) is 8.28. The monoisotopic (exact) mass is 497 g/mol. The summed E-state index contributed by atoms with van der Waals surface area (Å²) in [5, 5.41) is 13.5. The van der Waals surface area contributed by atoms with E-state index in [0.717, 1.165) is 12.1 Å². The zero-order valence-corrected chi connectivity index (χ0v) is 19.2. The van der Waals surface area contributed by atoms with Crippen LogP contribution in [-0.4, -0.2) is 51.3 Å². The minimum Gasteiger partial charge on any atom is -0.454 e. The van der Waals surface area contributed by atoms with Crippen molar-refractivity contribution in [2.75, 3.05) is 25.4 Å². The Morgan fingerprint density at radius 3 is 2.61 bits per heavy atom. The van der Waals surface area contributed by atoms with Gasteiger partial charge in [0.1, 0.15) is 28.6 Å². The molecule has 0 spiro atoms. The molecule has 1 saturated heterocycles. The lowest BCUT2D eigenvalue weighted by molar-refractivity contribution is -0.127. The number of nitrogen functional groups attached to an aromatic ring is 1. The molecule has 1 fully saturated rings. The second-order valence-corrected chi connectivity index (χ2v) is 8.28. The van der Waals surface area contributed by atoms with Crippen LogP contribution in [0.25, 0.3) is 11.3 Å². The number of carbonyl (C=O) groups is 2. The van der Waals surface area contributed by atoms with Gasteiger partial charge in [-0.2, -0.15) is 5.10 Å². The molecule has 11 heteroatoms. The largest absolute Gasteiger partial charge is 0.454 e. The average Bonchev–Trinajstić information content (AvgIpc) is 3.22. The van der Waals surface area contributed by atoms with E-state index in [1.807, 2.05) is 0 Å². The molecule has 1 atom stereocenters. The summed E-state index contributed by atoms with van der Waals surface area (Å²) in [6.45, 7) is 0.648. The van der Waals surface area contributed by atoms with E-state index in [1.54, 1.807) is 29.2 Å². The number of hydrogen-bond donors (Lipinski definition) is 3. The number of aromatic nitrogens is 2. The Balaban J connectivity index is 1.60. The van der Waals surface area contributed by atoms with Gasteiger partial charge in [-0.15, -0.1) is 0 Å². The van der Waals surface area contributed by atoms with Crippen LogP contribution in [0.15, 0.2) is 54.6 Å². The van der Waals surface area contributed by atoms with Gasteiger partial charge in [0, 0.05) is 30.8 Å². The number of nitrogens with zero attached hydrogens (tertiary/aromatic N) is 3. The molecular formula is C25H25F2N5O4. The van der Waals surface area contributed by atoms with Gasteiger partial charge < -0.3 is 26.2 Å². The number of piperidine rings is 1. The predicted molar refractivity (Wildman–Crippen MR) is 128 cm³/mol. The summed E-state index contributed by atoms with van der Waals surface area (Å²) in [5.41, 5.74) is 12.8. The summed E-state index contributed by atoms with van der Waals surface area (Å²) in [6.07, 6.45) is 4.08. The minimum absolute atomic E-state index is 0.0527. The first-order valence-electron chi connectivity index (χ1n) is 11.3. The number of benzene rings is 2. The molecule has 1 aliphatic heterocycles. The van der Waals surface area contributed by atoms with Gasteiger partial charge in [-0.3, -0.25) is 9.59 Å². The van der Waals surface area contributed by atoms with Crippen molar-refractivity contribution in [3.63, 3.8) is 0 Å². The predicted octanol–water partition coefficient (Wildman–Crippen LogP) is 3.01. The van der Waals surface area contributed by atoms with Crippen LogP contribution in [0, 0.1) is 11.6 Å². The standard InChI is InChI=1S/C25H25F2N5O4/c26-16-7-10-20(19(27)13-16)36-18-8-5-15(6-9-18)23-22(25(29)35)24(28)32(30-23)17-3-1-11-31(14-17)21(34)4-2-12-33/h2,4-10,13,17,33H,1,3,11-12,14,28H2,(H2,29,35)/b4-2+/t17-/m1/s1. The van der Waals surface area contributed by atoms with Crippen molar-refractivity contribution in [3.05, 3.63) is 71.8 Å². The number of nitrogens with two attached hydrogens (primary N) is 2. The third-order valence-corrected chi connectivity index (χ3v) is 5.86. The van der Waals surface area contributed by atoms with E-state index in [1.165, 1.54) is 22.9 Å². The van der Waals surface area contributed by atoms with Gasteiger partial charge in [0.05, 0.1) is 12.6 Å². The van der Waals surface area contributed by atoms with Gasteiger partial charge in [-0.05, 0) is 49.2 Å². The van der Waals surface area contributed by atoms with Crippen molar-refractivity contribution in [2.45, 2.75) is 18.9 Å². The van der Waals surface area contributed by atoms with Crippen LogP contribution in [0.5, 0.6) is 11.5 Å². The molecule has 36 heavy (non-hydrogen) atoms. The number of aliphatic hydroxyl groups excluding tert-OH is 1. The number of ether oxygens (including phenoxy) is 1. The first-order valence-corrected chi connectivity index (χ1v) is 11.3. The van der Waals surface area contributed by atoms with Crippen molar-refractivity contribution in [3.8, 4) is 22.8 Å². The van der Waals surface area contributed by atoms with Crippen LogP contribution in [0.4, 0.5) is 14.6 Å². The Kier molecular flexibility index (Phi) is 7.30. The maximum Gasteiger partial charge on any atom is 0.254 e. The van der Waals surface area contributed by atoms with Crippen LogP contribution in [-0.2, 0) is 4.79 Å². The number of primary amides is 1. The second kappa shape index (κ2) is 10.6. The van der Waals surface area contributed by atoms with Crippen LogP contribution >= 0.6 is 0 Å². The van der Waals surface area contributed by atoms with Crippen molar-refractivity contribution in [1.82, 2.24) is 14.7 Å². The van der Waals surface area contributed by atoms with Gasteiger partial charge in [-0.1, -0.05) is 6.08 Å². The molecule has 9 nitrogen and oxygen atoms in total. The number of rotatable bonds is 7. The van der Waals surface area contributed by atoms with E-state index in [-0.39, 0.29) is 47.1 Å². The summed E-state index contributed by atoms with van der Waals surface area (Å²) < 4.78 is 34.0. The fourth-order valence-corrected chi connectivity index (χ4v) is 4.15. The van der Waals surface area contributed by atoms with E-state index in [2.05, 4.69) is 5.10 Å². The highest BCUT2D eigenvalue weighted by Gasteiger charge is 2.29. The van der Waals surface area contributed by atoms with Gasteiger partial charge in [0.25, 0.3) is 5.91 Å². The number of aliphatic hydroxyl groups is 1. The molecule has 2 amide bonds. The lowest BCUT2D eigenvalue weighted by atomic mass is 10.1. The summed E-state index contributed by atoms with van der Waals surface area (Å²) >= 11 is 0. The van der Waals surface area contributed by atoms with Crippen LogP contribution < -0.4 is 16.2 Å². The topological polar surface area (TPSA) is 137 Å². The SMILES string of the molecule is NC(=O)c1c(-c2ccc(Oc3ccc(F)cc3F)cc2)nn([C@@H]2CCCN(C(=O)/C=C/CO)C2)c1N. The maximum atomic E-state index is 13.9. The summed E-state index contributed by atoms with van der Waals surface area (Å²) in [5.74, 6) is -2.30. The summed E-state index contributed by atoms with van der Waals surface area (Å²) in [4.78, 5) is 26.3. The Morgan fingerprint density at radius 1 is 1.19 bits per heavy atom. The van der Waals surface area contributed by atoms with Crippen molar-refractivity contribution < 1.29 is 28.2 Å². The number of hydrogen-bond acceptors (Lipinski definition) is 6. The quantitative estimate of drug-likeness (QED) is 0.429. The van der Waals surface area contributed by atoms with Gasteiger partial charge in [0.15, 0.2) is 11.6 Å². The molecule has 3 aromatic rings. The Bertz CT molecular complexity index is 1310. The molecule has 0 radical (unpaired) electrons. The van der Waals surface area contributed by atoms with E-state index in [0.29, 0.717) is 31.5 Å². The lowest BCUT2D eigenvalue weighted by Crippen LogP contribution is -2.40. The molecule has 0 saturated carbocycles. The molecule has 4 rings (SSSR count). The number of halogens is 2. The zero-order chi connectivity index (χ0) is 25.8. The molecule has 0 unspecified atom stereocenters. The lowest BCUT2D eigenvalue weighted by Gasteiger charge is -2.32. The summed E-state index contributed by atoms with van der Waals surface area (Å²) in [7, 11) is 0. The molecule has 0 aliphatic carbocycles. The third-order valence-electron chi connectivity index (χ3n) is 5.86. The molecule has 2 aromatic carbocycles. The van der Waals surface area contributed by atoms with Crippen LogP contribution in [0.2, 0.25) is 0 Å². The fraction of sp³-hybridized carbons (Fsp3) is 0.240. The average molecular weight is 498 g/mol. The zero-order valence-electron chi connectivity index (χ0n) is 19.2. The molecule has 1 aliphatic rings. The van der Waals surface area contributed by atoms with Crippen molar-refractivity contribution in [1.29, 1.82) is 0 Å². The first kappa shape index (κ1) is 24.9. The molecule has 5 N–H and O–H groups in total. The molecule has 1 aromatic heterocycles. The Morgan fingerprint density at radius 2 is 1.94 bits per heavy atom. The molecule has 188 valence electrons. The van der Waals surface area contributed by atoms with Gasteiger partial charge in [-0.25, -0.2) is 13.5 Å². The Hall–Kier alpha value is -4.25. The highest BCUT2D eigenvalue weighted by molar-refractivity contribution is 6.03. The van der Waals surface area contributed by atoms with E-state index < -0.39 is 17.5 Å². The Labute approximate surface area is 205 Å². The van der Waals surface area contributed by atoms with E-state index in [9.17, 15) is 18.4 Å². The van der Waals surface area contributed by atoms with Crippen LogP contribution in [0.1, 0.15) is 29.2 Å². The highest BCUT2D eigenvalue weighted by Crippen LogP contribution is 2.33. The minimum atomic E-state index is -0.839. The van der Waals surface area contributed by atoms with Crippen LogP contribution in [0.3, 0.4) is 0 Å². The van der Waals surface area contributed by atoms with E-state index >= 15 is 0 Å². The number of amides is 2. The number of likely N-dealkylation sites (tertiary alicyclic amines) is 1. The number of anilines is 1. The normalized spacial score (nSPS) is 15.9. The highest BCUT2D eigenvalue weighted by atomic mass is 19.1. The van der Waals surface area contributed by atoms with Gasteiger partial charge >= 0.3 is 0 Å². The molecular weight excluding hydrogens is 472 g/mol. The van der Waals surface area contributed by atoms with E-state index in [4.69, 9.17) is 21.3 Å². The maximum absolute atomic E-state index is 13.9. The molecule has 2 heterocycles. The molecule has 0 bridgehead atoms. The van der Waals surface area contributed by atoms with Gasteiger partial charge in [0.2, 0.25) is 5.91 Å². The fourth-order valence-electron chi connectivity index (χ4n) is 4.15. The summed E-state index contributed by atoms with van der Waals surface area (Å²) in [6, 6.07) is 9.05. The van der Waals surface area contributed by atoms with Crippen molar-refractivity contribution in [2.24, 2.45) is 5.73 Å². The smallest absolute Gasteiger partial charge is 0.254 e.